The number of likely N-dealkylation sites (tertiary alicyclic amines) is 1. The lowest BCUT2D eigenvalue weighted by atomic mass is 9.98. The summed E-state index contributed by atoms with van der Waals surface area (Å²) in [6.07, 6.45) is 4.45. The van der Waals surface area contributed by atoms with Gasteiger partial charge in [0.2, 0.25) is 5.91 Å². The molecule has 1 aromatic heterocycles. The first-order chi connectivity index (χ1) is 12.1. The molecule has 2 aromatic rings. The highest BCUT2D eigenvalue weighted by Gasteiger charge is 2.20. The monoisotopic (exact) mass is 342 g/mol. The van der Waals surface area contributed by atoms with Gasteiger partial charge in [0.15, 0.2) is 0 Å². The fraction of sp³-hybridized carbons (Fsp3) is 0.556. The number of amides is 1. The first-order valence-corrected chi connectivity index (χ1v) is 8.95. The number of hydrogen-bond donors (Lipinski definition) is 1. The van der Waals surface area contributed by atoms with E-state index in [1.54, 1.807) is 11.0 Å². The fourth-order valence-corrected chi connectivity index (χ4v) is 3.15. The van der Waals surface area contributed by atoms with Crippen LogP contribution in [0.1, 0.15) is 32.3 Å². The van der Waals surface area contributed by atoms with E-state index >= 15 is 0 Å². The van der Waals surface area contributed by atoms with Gasteiger partial charge in [-0.1, -0.05) is 19.1 Å². The summed E-state index contributed by atoms with van der Waals surface area (Å²) < 4.78 is 1.59. The van der Waals surface area contributed by atoms with Gasteiger partial charge in [-0.15, -0.1) is 5.10 Å². The molecule has 0 saturated carbocycles. The van der Waals surface area contributed by atoms with Crippen molar-refractivity contribution in [1.82, 2.24) is 30.4 Å². The second-order valence-corrected chi connectivity index (χ2v) is 6.97. The van der Waals surface area contributed by atoms with Crippen molar-refractivity contribution in [2.45, 2.75) is 39.2 Å². The maximum atomic E-state index is 12.2. The number of rotatable bonds is 6. The van der Waals surface area contributed by atoms with Crippen LogP contribution >= 0.6 is 0 Å². The molecule has 1 amide bonds. The summed E-state index contributed by atoms with van der Waals surface area (Å²) in [6, 6.07) is 8.09. The molecule has 0 aliphatic carbocycles. The molecule has 1 aromatic carbocycles. The van der Waals surface area contributed by atoms with Crippen LogP contribution in [0.3, 0.4) is 0 Å². The minimum atomic E-state index is 0.0624. The van der Waals surface area contributed by atoms with Gasteiger partial charge in [0.1, 0.15) is 6.33 Å². The molecular formula is C18H26N6O. The summed E-state index contributed by atoms with van der Waals surface area (Å²) in [6.45, 7) is 7.48. The van der Waals surface area contributed by atoms with Gasteiger partial charge in [-0.25, -0.2) is 4.68 Å². The van der Waals surface area contributed by atoms with Crippen LogP contribution in [0.15, 0.2) is 30.6 Å². The lowest BCUT2D eigenvalue weighted by molar-refractivity contribution is -0.120. The molecule has 1 aliphatic heterocycles. The molecular weight excluding hydrogens is 316 g/mol. The zero-order valence-electron chi connectivity index (χ0n) is 14.9. The summed E-state index contributed by atoms with van der Waals surface area (Å²) in [4.78, 5) is 14.7. The molecule has 1 atom stereocenters. The Kier molecular flexibility index (Phi) is 5.75. The van der Waals surface area contributed by atoms with Gasteiger partial charge in [-0.05, 0) is 66.9 Å². The van der Waals surface area contributed by atoms with Crippen LogP contribution in [-0.4, -0.2) is 56.7 Å². The van der Waals surface area contributed by atoms with E-state index in [1.807, 2.05) is 24.3 Å². The van der Waals surface area contributed by atoms with Crippen molar-refractivity contribution in [3.8, 4) is 5.69 Å². The van der Waals surface area contributed by atoms with E-state index in [4.69, 9.17) is 0 Å². The van der Waals surface area contributed by atoms with Gasteiger partial charge in [-0.3, -0.25) is 9.69 Å². The van der Waals surface area contributed by atoms with E-state index in [0.717, 1.165) is 30.3 Å². The SMILES string of the molecule is CC1CCN([C@@H](C)CNC(=O)Cc2ccc(-n3cnnn3)cc2)CC1. The second kappa shape index (κ2) is 8.20. The van der Waals surface area contributed by atoms with Crippen molar-refractivity contribution < 1.29 is 4.79 Å². The molecule has 0 radical (unpaired) electrons. The predicted octanol–water partition coefficient (Wildman–Crippen LogP) is 1.44. The van der Waals surface area contributed by atoms with Crippen LogP contribution in [0.2, 0.25) is 0 Å². The van der Waals surface area contributed by atoms with Crippen LogP contribution in [0.5, 0.6) is 0 Å². The molecule has 1 fully saturated rings. The normalized spacial score (nSPS) is 17.4. The van der Waals surface area contributed by atoms with Crippen LogP contribution in [0.25, 0.3) is 5.69 Å². The lowest BCUT2D eigenvalue weighted by Crippen LogP contribution is -2.45. The maximum absolute atomic E-state index is 12.2. The number of carbonyl (C=O) groups is 1. The average molecular weight is 342 g/mol. The Labute approximate surface area is 148 Å². The quantitative estimate of drug-likeness (QED) is 0.860. The van der Waals surface area contributed by atoms with E-state index in [2.05, 4.69) is 39.6 Å². The molecule has 7 heteroatoms. The third kappa shape index (κ3) is 4.85. The summed E-state index contributed by atoms with van der Waals surface area (Å²) >= 11 is 0. The summed E-state index contributed by atoms with van der Waals surface area (Å²) in [5.74, 6) is 0.890. The van der Waals surface area contributed by atoms with E-state index < -0.39 is 0 Å². The maximum Gasteiger partial charge on any atom is 0.224 e. The minimum Gasteiger partial charge on any atom is -0.354 e. The number of piperidine rings is 1. The third-order valence-electron chi connectivity index (χ3n) is 4.95. The van der Waals surface area contributed by atoms with Gasteiger partial charge < -0.3 is 5.32 Å². The van der Waals surface area contributed by atoms with E-state index in [-0.39, 0.29) is 5.91 Å². The number of nitrogens with zero attached hydrogens (tertiary/aromatic N) is 5. The Morgan fingerprint density at radius 3 is 2.64 bits per heavy atom. The Morgan fingerprint density at radius 2 is 2.00 bits per heavy atom. The number of tetrazole rings is 1. The number of hydrogen-bond acceptors (Lipinski definition) is 5. The van der Waals surface area contributed by atoms with Gasteiger partial charge >= 0.3 is 0 Å². The average Bonchev–Trinajstić information content (AvgIpc) is 3.15. The van der Waals surface area contributed by atoms with Crippen LogP contribution in [0, 0.1) is 5.92 Å². The topological polar surface area (TPSA) is 75.9 Å². The third-order valence-corrected chi connectivity index (χ3v) is 4.95. The highest BCUT2D eigenvalue weighted by atomic mass is 16.1. The molecule has 1 saturated heterocycles. The van der Waals surface area contributed by atoms with Crippen LogP contribution in [0.4, 0.5) is 0 Å². The number of aromatic nitrogens is 4. The zero-order valence-corrected chi connectivity index (χ0v) is 14.9. The van der Waals surface area contributed by atoms with E-state index in [1.165, 1.54) is 12.8 Å². The fourth-order valence-electron chi connectivity index (χ4n) is 3.15. The largest absolute Gasteiger partial charge is 0.354 e. The molecule has 3 rings (SSSR count). The standard InChI is InChI=1S/C18H26N6O/c1-14-7-9-23(10-8-14)15(2)12-19-18(25)11-16-3-5-17(6-4-16)24-13-20-21-22-24/h3-6,13-15H,7-12H2,1-2H3,(H,19,25)/t15-/m0/s1. The molecule has 1 N–H and O–H groups in total. The molecule has 2 heterocycles. The second-order valence-electron chi connectivity index (χ2n) is 6.97. The number of carbonyl (C=O) groups excluding carboxylic acids is 1. The first kappa shape index (κ1) is 17.5. The predicted molar refractivity (Wildman–Crippen MR) is 95.3 cm³/mol. The van der Waals surface area contributed by atoms with Crippen molar-refractivity contribution in [1.29, 1.82) is 0 Å². The van der Waals surface area contributed by atoms with Crippen molar-refractivity contribution in [2.75, 3.05) is 19.6 Å². The Bertz CT molecular complexity index is 661. The van der Waals surface area contributed by atoms with Crippen LogP contribution in [-0.2, 0) is 11.2 Å². The highest BCUT2D eigenvalue weighted by molar-refractivity contribution is 5.78. The van der Waals surface area contributed by atoms with E-state index in [9.17, 15) is 4.79 Å². The number of nitrogens with one attached hydrogen (secondary N) is 1. The molecule has 0 unspecified atom stereocenters. The summed E-state index contributed by atoms with van der Waals surface area (Å²) in [5, 5.41) is 14.1. The van der Waals surface area contributed by atoms with Crippen molar-refractivity contribution in [3.63, 3.8) is 0 Å². The Morgan fingerprint density at radius 1 is 1.28 bits per heavy atom. The van der Waals surface area contributed by atoms with Crippen molar-refractivity contribution >= 4 is 5.91 Å². The lowest BCUT2D eigenvalue weighted by Gasteiger charge is -2.35. The Balaban J connectivity index is 1.44. The van der Waals surface area contributed by atoms with Gasteiger partial charge in [0, 0.05) is 12.6 Å². The van der Waals surface area contributed by atoms with Crippen molar-refractivity contribution in [3.05, 3.63) is 36.2 Å². The first-order valence-electron chi connectivity index (χ1n) is 8.95. The van der Waals surface area contributed by atoms with Gasteiger partial charge in [-0.2, -0.15) is 0 Å². The summed E-state index contributed by atoms with van der Waals surface area (Å²) in [7, 11) is 0. The van der Waals surface area contributed by atoms with Crippen LogP contribution < -0.4 is 5.32 Å². The Hall–Kier alpha value is -2.28. The molecule has 0 bridgehead atoms. The van der Waals surface area contributed by atoms with Gasteiger partial charge in [0.25, 0.3) is 0 Å². The molecule has 134 valence electrons. The summed E-state index contributed by atoms with van der Waals surface area (Å²) in [5.41, 5.74) is 1.86. The number of benzene rings is 1. The molecule has 7 nitrogen and oxygen atoms in total. The zero-order chi connectivity index (χ0) is 17.6. The molecule has 0 spiro atoms. The highest BCUT2D eigenvalue weighted by Crippen LogP contribution is 2.17. The molecule has 1 aliphatic rings. The smallest absolute Gasteiger partial charge is 0.224 e. The van der Waals surface area contributed by atoms with Gasteiger partial charge in [0.05, 0.1) is 12.1 Å². The van der Waals surface area contributed by atoms with E-state index in [0.29, 0.717) is 19.0 Å². The minimum absolute atomic E-state index is 0.0624. The van der Waals surface area contributed by atoms with Crippen molar-refractivity contribution in [2.24, 2.45) is 5.92 Å². The molecule has 25 heavy (non-hydrogen) atoms.